The standard InChI is InChI=1S/C14H10FN3O/c15-11-2-4-13(17-8-11)18-14(19)10-1-3-12-9(7-10)5-6-16-12/h1-8,16H,(H,17,18,19). The Kier molecular flexibility index (Phi) is 2.72. The normalized spacial score (nSPS) is 10.6. The van der Waals surface area contributed by atoms with Crippen LogP contribution in [0.2, 0.25) is 0 Å². The van der Waals surface area contributed by atoms with Crippen LogP contribution in [-0.4, -0.2) is 15.9 Å². The lowest BCUT2D eigenvalue weighted by Crippen LogP contribution is -2.12. The van der Waals surface area contributed by atoms with E-state index in [9.17, 15) is 9.18 Å². The number of benzene rings is 1. The molecule has 0 saturated carbocycles. The Balaban J connectivity index is 1.84. The van der Waals surface area contributed by atoms with E-state index in [1.807, 2.05) is 18.3 Å². The van der Waals surface area contributed by atoms with Gasteiger partial charge in [-0.1, -0.05) is 0 Å². The molecule has 0 saturated heterocycles. The lowest BCUT2D eigenvalue weighted by molar-refractivity contribution is 0.102. The summed E-state index contributed by atoms with van der Waals surface area (Å²) in [6.07, 6.45) is 2.87. The molecule has 5 heteroatoms. The topological polar surface area (TPSA) is 57.8 Å². The van der Waals surface area contributed by atoms with Gasteiger partial charge >= 0.3 is 0 Å². The zero-order chi connectivity index (χ0) is 13.2. The van der Waals surface area contributed by atoms with Crippen molar-refractivity contribution in [3.8, 4) is 0 Å². The van der Waals surface area contributed by atoms with Crippen LogP contribution in [-0.2, 0) is 0 Å². The molecule has 2 N–H and O–H groups in total. The molecule has 0 aliphatic rings. The maximum absolute atomic E-state index is 12.7. The van der Waals surface area contributed by atoms with Gasteiger partial charge in [0.05, 0.1) is 6.20 Å². The number of carbonyl (C=O) groups excluding carboxylic acids is 1. The van der Waals surface area contributed by atoms with E-state index >= 15 is 0 Å². The van der Waals surface area contributed by atoms with Crippen molar-refractivity contribution in [1.82, 2.24) is 9.97 Å². The van der Waals surface area contributed by atoms with E-state index < -0.39 is 5.82 Å². The summed E-state index contributed by atoms with van der Waals surface area (Å²) in [4.78, 5) is 18.8. The second kappa shape index (κ2) is 4.53. The maximum atomic E-state index is 12.7. The quantitative estimate of drug-likeness (QED) is 0.739. The number of carbonyl (C=O) groups is 1. The molecule has 2 heterocycles. The number of pyridine rings is 1. The van der Waals surface area contributed by atoms with Gasteiger partial charge in [-0.3, -0.25) is 4.79 Å². The first-order chi connectivity index (χ1) is 9.22. The average Bonchev–Trinajstić information content (AvgIpc) is 2.88. The van der Waals surface area contributed by atoms with Crippen LogP contribution in [0.4, 0.5) is 10.2 Å². The lowest BCUT2D eigenvalue weighted by atomic mass is 10.1. The Morgan fingerprint density at radius 2 is 2.11 bits per heavy atom. The summed E-state index contributed by atoms with van der Waals surface area (Å²) >= 11 is 0. The molecule has 19 heavy (non-hydrogen) atoms. The molecule has 0 aliphatic carbocycles. The zero-order valence-electron chi connectivity index (χ0n) is 9.85. The summed E-state index contributed by atoms with van der Waals surface area (Å²) in [6, 6.07) is 9.90. The van der Waals surface area contributed by atoms with Crippen LogP contribution in [0.25, 0.3) is 10.9 Å². The Morgan fingerprint density at radius 3 is 2.89 bits per heavy atom. The summed E-state index contributed by atoms with van der Waals surface area (Å²) in [5, 5.41) is 3.57. The van der Waals surface area contributed by atoms with Gasteiger partial charge in [0.2, 0.25) is 0 Å². The number of aromatic amines is 1. The number of nitrogens with zero attached hydrogens (tertiary/aromatic N) is 1. The number of aromatic nitrogens is 2. The van der Waals surface area contributed by atoms with Crippen molar-refractivity contribution in [2.45, 2.75) is 0 Å². The number of nitrogens with one attached hydrogen (secondary N) is 2. The van der Waals surface area contributed by atoms with Crippen molar-refractivity contribution in [1.29, 1.82) is 0 Å². The molecule has 1 aromatic carbocycles. The van der Waals surface area contributed by atoms with Crippen molar-refractivity contribution >= 4 is 22.6 Å². The number of hydrogen-bond acceptors (Lipinski definition) is 2. The van der Waals surface area contributed by atoms with Gasteiger partial charge in [0.1, 0.15) is 11.6 Å². The molecule has 0 aliphatic heterocycles. The molecule has 1 amide bonds. The highest BCUT2D eigenvalue weighted by Crippen LogP contribution is 2.15. The fourth-order valence-corrected chi connectivity index (χ4v) is 1.83. The molecular weight excluding hydrogens is 245 g/mol. The number of amides is 1. The van der Waals surface area contributed by atoms with Gasteiger partial charge in [0.15, 0.2) is 0 Å². The molecule has 0 fully saturated rings. The van der Waals surface area contributed by atoms with E-state index in [1.165, 1.54) is 12.1 Å². The Morgan fingerprint density at radius 1 is 1.21 bits per heavy atom. The van der Waals surface area contributed by atoms with Gasteiger partial charge in [0, 0.05) is 22.7 Å². The predicted octanol–water partition coefficient (Wildman–Crippen LogP) is 2.95. The second-order valence-electron chi connectivity index (χ2n) is 4.10. The first-order valence-corrected chi connectivity index (χ1v) is 5.72. The number of halogens is 1. The zero-order valence-corrected chi connectivity index (χ0v) is 9.85. The molecule has 0 bridgehead atoms. The summed E-state index contributed by atoms with van der Waals surface area (Å²) < 4.78 is 12.7. The van der Waals surface area contributed by atoms with Gasteiger partial charge in [-0.25, -0.2) is 9.37 Å². The Bertz CT molecular complexity index is 734. The highest BCUT2D eigenvalue weighted by Gasteiger charge is 2.08. The highest BCUT2D eigenvalue weighted by molar-refractivity contribution is 6.05. The van der Waals surface area contributed by atoms with E-state index in [0.29, 0.717) is 11.4 Å². The van der Waals surface area contributed by atoms with Gasteiger partial charge < -0.3 is 10.3 Å². The molecular formula is C14H10FN3O. The molecule has 0 spiro atoms. The Labute approximate surface area is 108 Å². The van der Waals surface area contributed by atoms with Crippen LogP contribution in [0.1, 0.15) is 10.4 Å². The fourth-order valence-electron chi connectivity index (χ4n) is 1.83. The van der Waals surface area contributed by atoms with Gasteiger partial charge in [-0.15, -0.1) is 0 Å². The SMILES string of the molecule is O=C(Nc1ccc(F)cn1)c1ccc2[nH]ccc2c1. The van der Waals surface area contributed by atoms with Crippen molar-refractivity contribution < 1.29 is 9.18 Å². The first kappa shape index (κ1) is 11.4. The van der Waals surface area contributed by atoms with E-state index in [4.69, 9.17) is 0 Å². The summed E-state index contributed by atoms with van der Waals surface area (Å²) in [6.45, 7) is 0. The molecule has 0 unspecified atom stereocenters. The van der Waals surface area contributed by atoms with Gasteiger partial charge in [-0.2, -0.15) is 0 Å². The van der Waals surface area contributed by atoms with Gasteiger partial charge in [0.25, 0.3) is 5.91 Å². The van der Waals surface area contributed by atoms with Crippen LogP contribution in [0.3, 0.4) is 0 Å². The van der Waals surface area contributed by atoms with E-state index in [-0.39, 0.29) is 5.91 Å². The second-order valence-corrected chi connectivity index (χ2v) is 4.10. The molecule has 4 nitrogen and oxygen atoms in total. The summed E-state index contributed by atoms with van der Waals surface area (Å²) in [5.41, 5.74) is 1.50. The number of hydrogen-bond donors (Lipinski definition) is 2. The van der Waals surface area contributed by atoms with Crippen LogP contribution in [0, 0.1) is 5.82 Å². The van der Waals surface area contributed by atoms with Crippen molar-refractivity contribution in [2.24, 2.45) is 0 Å². The van der Waals surface area contributed by atoms with Crippen LogP contribution < -0.4 is 5.32 Å². The Hall–Kier alpha value is -2.69. The largest absolute Gasteiger partial charge is 0.361 e. The summed E-state index contributed by atoms with van der Waals surface area (Å²) in [5.74, 6) is -0.394. The van der Waals surface area contributed by atoms with E-state index in [1.54, 1.807) is 12.1 Å². The number of fused-ring (bicyclic) bond motifs is 1. The lowest BCUT2D eigenvalue weighted by Gasteiger charge is -2.04. The molecule has 94 valence electrons. The average molecular weight is 255 g/mol. The third-order valence-electron chi connectivity index (χ3n) is 2.78. The summed E-state index contributed by atoms with van der Waals surface area (Å²) in [7, 11) is 0. The minimum absolute atomic E-state index is 0.276. The molecule has 2 aromatic heterocycles. The van der Waals surface area contributed by atoms with Gasteiger partial charge in [-0.05, 0) is 36.4 Å². The minimum atomic E-state index is -0.438. The minimum Gasteiger partial charge on any atom is -0.361 e. The van der Waals surface area contributed by atoms with Crippen LogP contribution in [0.15, 0.2) is 48.8 Å². The predicted molar refractivity (Wildman–Crippen MR) is 70.4 cm³/mol. The molecule has 0 atom stereocenters. The number of anilines is 1. The smallest absolute Gasteiger partial charge is 0.256 e. The van der Waals surface area contributed by atoms with Crippen LogP contribution >= 0.6 is 0 Å². The highest BCUT2D eigenvalue weighted by atomic mass is 19.1. The molecule has 0 radical (unpaired) electrons. The molecule has 3 aromatic rings. The van der Waals surface area contributed by atoms with E-state index in [0.717, 1.165) is 17.1 Å². The fraction of sp³-hybridized carbons (Fsp3) is 0. The molecule has 3 rings (SSSR count). The maximum Gasteiger partial charge on any atom is 0.256 e. The third kappa shape index (κ3) is 2.30. The van der Waals surface area contributed by atoms with E-state index in [2.05, 4.69) is 15.3 Å². The van der Waals surface area contributed by atoms with Crippen molar-refractivity contribution in [3.05, 3.63) is 60.2 Å². The monoisotopic (exact) mass is 255 g/mol. The van der Waals surface area contributed by atoms with Crippen molar-refractivity contribution in [3.63, 3.8) is 0 Å². The number of rotatable bonds is 2. The first-order valence-electron chi connectivity index (χ1n) is 5.72. The number of H-pyrrole nitrogens is 1. The third-order valence-corrected chi connectivity index (χ3v) is 2.78. The van der Waals surface area contributed by atoms with Crippen LogP contribution in [0.5, 0.6) is 0 Å². The van der Waals surface area contributed by atoms with Crippen molar-refractivity contribution in [2.75, 3.05) is 5.32 Å².